The number of nitrogens with one attached hydrogen (secondary N) is 1. The first-order chi connectivity index (χ1) is 15.2. The monoisotopic (exact) mass is 456 g/mol. The van der Waals surface area contributed by atoms with Crippen LogP contribution in [0.5, 0.6) is 0 Å². The molecule has 1 aliphatic carbocycles. The van der Waals surface area contributed by atoms with Gasteiger partial charge in [-0.25, -0.2) is 13.2 Å². The summed E-state index contributed by atoms with van der Waals surface area (Å²) in [6.07, 6.45) is 0. The van der Waals surface area contributed by atoms with Gasteiger partial charge in [-0.05, 0) is 45.0 Å². The van der Waals surface area contributed by atoms with Crippen LogP contribution >= 0.6 is 0 Å². The zero-order chi connectivity index (χ0) is 23.5. The molecule has 0 saturated carbocycles. The first-order valence-electron chi connectivity index (χ1n) is 10.2. The number of hydrogen-bond donors (Lipinski definition) is 1. The number of ether oxygens (including phenoxy) is 1. The van der Waals surface area contributed by atoms with Gasteiger partial charge in [-0.15, -0.1) is 0 Å². The van der Waals surface area contributed by atoms with Crippen LogP contribution in [0.15, 0.2) is 59.1 Å². The topological polar surface area (TPSA) is 110 Å². The molecule has 8 nitrogen and oxygen atoms in total. The number of allylic oxidation sites excluding steroid dienone is 2. The third kappa shape index (κ3) is 4.29. The lowest BCUT2D eigenvalue weighted by molar-refractivity contribution is 0.0526. The largest absolute Gasteiger partial charge is 0.462 e. The lowest BCUT2D eigenvalue weighted by Gasteiger charge is -2.29. The van der Waals surface area contributed by atoms with E-state index in [9.17, 15) is 22.8 Å². The summed E-state index contributed by atoms with van der Waals surface area (Å²) >= 11 is 0. The Kier molecular flexibility index (Phi) is 6.78. The maximum absolute atomic E-state index is 13.3. The zero-order valence-electron chi connectivity index (χ0n) is 18.0. The molecule has 0 spiro atoms. The standard InChI is InChI=1S/C23H24N2O6S/c1-4-25(5-2)19-20(26)17-9-7-8-10-18(17)21(27)22(19)32(29,30)24-16-13-11-15(12-14-16)23(28)31-6-3/h7-14,24H,4-6H2,1-3H3. The van der Waals surface area contributed by atoms with E-state index >= 15 is 0 Å². The SMILES string of the molecule is CCOC(=O)c1ccc(NS(=O)(=O)C2=C(N(CC)CC)C(=O)c3ccccc3C2=O)cc1. The summed E-state index contributed by atoms with van der Waals surface area (Å²) in [5, 5.41) is 0. The van der Waals surface area contributed by atoms with Gasteiger partial charge in [-0.1, -0.05) is 24.3 Å². The van der Waals surface area contributed by atoms with E-state index in [1.165, 1.54) is 36.4 Å². The van der Waals surface area contributed by atoms with Crippen LogP contribution in [0.2, 0.25) is 0 Å². The number of benzene rings is 2. The number of esters is 1. The average molecular weight is 457 g/mol. The summed E-state index contributed by atoms with van der Waals surface area (Å²) in [6.45, 7) is 6.15. The summed E-state index contributed by atoms with van der Waals surface area (Å²) in [5.74, 6) is -1.78. The summed E-state index contributed by atoms with van der Waals surface area (Å²) in [7, 11) is -4.42. The predicted octanol–water partition coefficient (Wildman–Crippen LogP) is 3.24. The number of ketones is 2. The molecule has 1 aliphatic rings. The Morgan fingerprint density at radius 1 is 0.906 bits per heavy atom. The highest BCUT2D eigenvalue weighted by Crippen LogP contribution is 2.32. The Morgan fingerprint density at radius 3 is 2.00 bits per heavy atom. The fourth-order valence-electron chi connectivity index (χ4n) is 3.51. The van der Waals surface area contributed by atoms with Crippen molar-refractivity contribution in [3.63, 3.8) is 0 Å². The van der Waals surface area contributed by atoms with Gasteiger partial charge in [0.05, 0.1) is 12.2 Å². The van der Waals surface area contributed by atoms with Gasteiger partial charge >= 0.3 is 5.97 Å². The smallest absolute Gasteiger partial charge is 0.338 e. The number of likely N-dealkylation sites (N-methyl/N-ethyl adjacent to an activating group) is 1. The molecule has 0 aromatic heterocycles. The van der Waals surface area contributed by atoms with Crippen molar-refractivity contribution in [1.29, 1.82) is 0 Å². The zero-order valence-corrected chi connectivity index (χ0v) is 18.9. The van der Waals surface area contributed by atoms with Crippen LogP contribution in [0.3, 0.4) is 0 Å². The van der Waals surface area contributed by atoms with Crippen LogP contribution in [-0.2, 0) is 14.8 Å². The Labute approximate surface area is 186 Å². The van der Waals surface area contributed by atoms with E-state index in [1.807, 2.05) is 0 Å². The van der Waals surface area contributed by atoms with E-state index in [1.54, 1.807) is 37.8 Å². The van der Waals surface area contributed by atoms with Crippen LogP contribution < -0.4 is 4.72 Å². The first-order valence-corrected chi connectivity index (χ1v) is 11.7. The van der Waals surface area contributed by atoms with Crippen LogP contribution in [0.1, 0.15) is 51.8 Å². The van der Waals surface area contributed by atoms with Crippen molar-refractivity contribution in [2.45, 2.75) is 20.8 Å². The Hall–Kier alpha value is -3.46. The summed E-state index contributed by atoms with van der Waals surface area (Å²) < 4.78 is 33.9. The maximum Gasteiger partial charge on any atom is 0.338 e. The number of sulfonamides is 1. The van der Waals surface area contributed by atoms with E-state index < -0.39 is 32.5 Å². The van der Waals surface area contributed by atoms with Gasteiger partial charge in [-0.3, -0.25) is 14.3 Å². The number of nitrogens with zero attached hydrogens (tertiary/aromatic N) is 1. The van der Waals surface area contributed by atoms with E-state index in [0.29, 0.717) is 13.1 Å². The molecule has 3 rings (SSSR count). The minimum Gasteiger partial charge on any atom is -0.462 e. The van der Waals surface area contributed by atoms with Crippen LogP contribution in [0, 0.1) is 0 Å². The quantitative estimate of drug-likeness (QED) is 0.607. The molecule has 9 heteroatoms. The number of rotatable bonds is 8. The Morgan fingerprint density at radius 2 is 1.47 bits per heavy atom. The van der Waals surface area contributed by atoms with Gasteiger partial charge in [-0.2, -0.15) is 0 Å². The highest BCUT2D eigenvalue weighted by atomic mass is 32.2. The molecular weight excluding hydrogens is 432 g/mol. The van der Waals surface area contributed by atoms with Crippen LogP contribution in [0.25, 0.3) is 0 Å². The van der Waals surface area contributed by atoms with Crippen molar-refractivity contribution >= 4 is 33.2 Å². The summed E-state index contributed by atoms with van der Waals surface area (Å²) in [4.78, 5) is 39.3. The van der Waals surface area contributed by atoms with Crippen molar-refractivity contribution < 1.29 is 27.5 Å². The fraction of sp³-hybridized carbons (Fsp3) is 0.261. The maximum atomic E-state index is 13.3. The molecule has 32 heavy (non-hydrogen) atoms. The Bertz CT molecular complexity index is 1200. The number of carbonyl (C=O) groups is 3. The van der Waals surface area contributed by atoms with Gasteiger partial charge in [0.1, 0.15) is 5.70 Å². The van der Waals surface area contributed by atoms with Crippen molar-refractivity contribution in [2.24, 2.45) is 0 Å². The van der Waals surface area contributed by atoms with Crippen LogP contribution in [0.4, 0.5) is 5.69 Å². The van der Waals surface area contributed by atoms with E-state index in [0.717, 1.165) is 0 Å². The Balaban J connectivity index is 2.06. The second-order valence-corrected chi connectivity index (χ2v) is 8.58. The number of fused-ring (bicyclic) bond motifs is 1. The van der Waals surface area contributed by atoms with Gasteiger partial charge in [0.15, 0.2) is 4.91 Å². The summed E-state index contributed by atoms with van der Waals surface area (Å²) in [6, 6.07) is 11.8. The minimum atomic E-state index is -4.42. The van der Waals surface area contributed by atoms with Crippen molar-refractivity contribution in [1.82, 2.24) is 4.90 Å². The van der Waals surface area contributed by atoms with E-state index in [4.69, 9.17) is 4.74 Å². The average Bonchev–Trinajstić information content (AvgIpc) is 2.78. The lowest BCUT2D eigenvalue weighted by Crippen LogP contribution is -2.37. The summed E-state index contributed by atoms with van der Waals surface area (Å²) in [5.41, 5.74) is 0.483. The second kappa shape index (κ2) is 9.35. The number of hydrogen-bond acceptors (Lipinski definition) is 7. The van der Waals surface area contributed by atoms with Crippen LogP contribution in [-0.4, -0.2) is 50.5 Å². The number of carbonyl (C=O) groups excluding carboxylic acids is 3. The number of anilines is 1. The van der Waals surface area contributed by atoms with Gasteiger partial charge in [0, 0.05) is 29.9 Å². The molecule has 2 aromatic rings. The molecule has 0 fully saturated rings. The molecule has 0 heterocycles. The number of Topliss-reactive ketones (excluding diaryl/α,β-unsaturated/α-hetero) is 2. The molecule has 0 aliphatic heterocycles. The molecule has 0 unspecified atom stereocenters. The van der Waals surface area contributed by atoms with Crippen molar-refractivity contribution in [3.05, 3.63) is 75.8 Å². The second-order valence-electron chi connectivity index (χ2n) is 6.96. The minimum absolute atomic E-state index is 0.0476. The fourth-order valence-corrected chi connectivity index (χ4v) is 4.89. The van der Waals surface area contributed by atoms with Gasteiger partial charge < -0.3 is 9.64 Å². The molecule has 0 bridgehead atoms. The molecule has 0 saturated heterocycles. The molecule has 2 aromatic carbocycles. The molecule has 1 N–H and O–H groups in total. The van der Waals surface area contributed by atoms with E-state index in [-0.39, 0.29) is 34.7 Å². The normalized spacial score (nSPS) is 13.6. The lowest BCUT2D eigenvalue weighted by atomic mass is 9.92. The third-order valence-electron chi connectivity index (χ3n) is 5.05. The van der Waals surface area contributed by atoms with Gasteiger partial charge in [0.2, 0.25) is 11.6 Å². The van der Waals surface area contributed by atoms with Crippen molar-refractivity contribution in [3.8, 4) is 0 Å². The molecular formula is C23H24N2O6S. The van der Waals surface area contributed by atoms with Crippen molar-refractivity contribution in [2.75, 3.05) is 24.4 Å². The molecule has 168 valence electrons. The predicted molar refractivity (Wildman–Crippen MR) is 120 cm³/mol. The van der Waals surface area contributed by atoms with Gasteiger partial charge in [0.25, 0.3) is 10.0 Å². The molecule has 0 radical (unpaired) electrons. The highest BCUT2D eigenvalue weighted by Gasteiger charge is 2.41. The third-order valence-corrected chi connectivity index (χ3v) is 6.47. The molecule has 0 atom stereocenters. The highest BCUT2D eigenvalue weighted by molar-refractivity contribution is 7.97. The first kappa shape index (κ1) is 23.2. The molecule has 0 amide bonds. The van der Waals surface area contributed by atoms with E-state index in [2.05, 4.69) is 4.72 Å².